The van der Waals surface area contributed by atoms with Gasteiger partial charge in [0.15, 0.2) is 5.76 Å². The summed E-state index contributed by atoms with van der Waals surface area (Å²) in [6.45, 7) is 2.65. The smallest absolute Gasteiger partial charge is 0.305 e. The minimum Gasteiger partial charge on any atom is -0.481 e. The Hall–Kier alpha value is -1.82. The number of nitrogens with one attached hydrogen (secondary N) is 1. The van der Waals surface area contributed by atoms with E-state index in [2.05, 4.69) is 5.32 Å². The number of carboxylic acids is 1. The maximum atomic E-state index is 12.1. The molecule has 1 aliphatic rings. The lowest BCUT2D eigenvalue weighted by Gasteiger charge is -2.36. The second kappa shape index (κ2) is 5.44. The summed E-state index contributed by atoms with van der Waals surface area (Å²) in [5, 5.41) is 11.8. The van der Waals surface area contributed by atoms with Crippen molar-refractivity contribution >= 4 is 11.9 Å². The number of hydrogen-bond donors (Lipinski definition) is 2. The number of rotatable bonds is 4. The van der Waals surface area contributed by atoms with Gasteiger partial charge in [0.25, 0.3) is 5.91 Å². The van der Waals surface area contributed by atoms with E-state index in [9.17, 15) is 9.59 Å². The van der Waals surface area contributed by atoms with Crippen LogP contribution in [0.3, 0.4) is 0 Å². The van der Waals surface area contributed by atoms with E-state index in [4.69, 9.17) is 14.3 Å². The first kappa shape index (κ1) is 13.6. The number of amides is 1. The van der Waals surface area contributed by atoms with Gasteiger partial charge < -0.3 is 19.6 Å². The Morgan fingerprint density at radius 3 is 2.58 bits per heavy atom. The van der Waals surface area contributed by atoms with Gasteiger partial charge in [-0.3, -0.25) is 9.59 Å². The van der Waals surface area contributed by atoms with Crippen LogP contribution in [0.5, 0.6) is 0 Å². The van der Waals surface area contributed by atoms with Gasteiger partial charge in [-0.25, -0.2) is 0 Å². The average molecular weight is 267 g/mol. The van der Waals surface area contributed by atoms with Crippen LogP contribution in [0.4, 0.5) is 0 Å². The van der Waals surface area contributed by atoms with E-state index in [-0.39, 0.29) is 18.1 Å². The molecule has 1 aliphatic heterocycles. The number of ether oxygens (including phenoxy) is 1. The highest BCUT2D eigenvalue weighted by molar-refractivity contribution is 5.92. The van der Waals surface area contributed by atoms with Crippen molar-refractivity contribution in [3.8, 4) is 0 Å². The van der Waals surface area contributed by atoms with Crippen molar-refractivity contribution in [1.82, 2.24) is 5.32 Å². The highest BCUT2D eigenvalue weighted by Gasteiger charge is 2.37. The zero-order chi connectivity index (χ0) is 13.9. The molecule has 0 bridgehead atoms. The van der Waals surface area contributed by atoms with Crippen molar-refractivity contribution in [2.75, 3.05) is 13.2 Å². The van der Waals surface area contributed by atoms with Crippen LogP contribution in [-0.2, 0) is 9.53 Å². The van der Waals surface area contributed by atoms with E-state index in [0.29, 0.717) is 31.8 Å². The maximum absolute atomic E-state index is 12.1. The summed E-state index contributed by atoms with van der Waals surface area (Å²) in [5.41, 5.74) is -0.748. The Bertz CT molecular complexity index is 473. The molecule has 1 fully saturated rings. The lowest BCUT2D eigenvalue weighted by molar-refractivity contribution is -0.139. The maximum Gasteiger partial charge on any atom is 0.305 e. The van der Waals surface area contributed by atoms with Gasteiger partial charge in [0.05, 0.1) is 12.0 Å². The first-order valence-corrected chi connectivity index (χ1v) is 6.19. The zero-order valence-electron chi connectivity index (χ0n) is 10.8. The molecule has 1 aromatic rings. The molecule has 1 amide bonds. The van der Waals surface area contributed by atoms with Crippen LogP contribution in [-0.4, -0.2) is 35.7 Å². The predicted octanol–water partition coefficient (Wildman–Crippen LogP) is 1.34. The van der Waals surface area contributed by atoms with Gasteiger partial charge in [0.2, 0.25) is 0 Å². The summed E-state index contributed by atoms with van der Waals surface area (Å²) in [5.74, 6) is -0.466. The van der Waals surface area contributed by atoms with Crippen LogP contribution in [0.25, 0.3) is 0 Å². The van der Waals surface area contributed by atoms with Crippen LogP contribution in [0.1, 0.15) is 35.6 Å². The molecule has 2 heterocycles. The molecular formula is C13H17NO5. The fourth-order valence-electron chi connectivity index (χ4n) is 2.26. The number of aryl methyl sites for hydroxylation is 1. The molecule has 19 heavy (non-hydrogen) atoms. The van der Waals surface area contributed by atoms with Crippen molar-refractivity contribution in [1.29, 1.82) is 0 Å². The molecule has 2 rings (SSSR count). The Kier molecular flexibility index (Phi) is 3.90. The van der Waals surface area contributed by atoms with Gasteiger partial charge in [-0.05, 0) is 31.9 Å². The number of carbonyl (C=O) groups excluding carboxylic acids is 1. The number of carboxylic acid groups (broad SMARTS) is 1. The summed E-state index contributed by atoms with van der Waals surface area (Å²) in [6.07, 6.45) is 0.872. The lowest BCUT2D eigenvalue weighted by Crippen LogP contribution is -2.53. The SMILES string of the molecule is Cc1ccc(C(=O)NC2(CC(=O)O)CCOCC2)o1. The van der Waals surface area contributed by atoms with Crippen molar-refractivity contribution in [2.45, 2.75) is 31.7 Å². The molecule has 0 aromatic carbocycles. The molecule has 0 spiro atoms. The summed E-state index contributed by atoms with van der Waals surface area (Å²) in [4.78, 5) is 23.1. The van der Waals surface area contributed by atoms with Gasteiger partial charge in [-0.2, -0.15) is 0 Å². The van der Waals surface area contributed by atoms with Crippen LogP contribution in [0.2, 0.25) is 0 Å². The summed E-state index contributed by atoms with van der Waals surface area (Å²) in [7, 11) is 0. The number of furan rings is 1. The van der Waals surface area contributed by atoms with E-state index in [1.807, 2.05) is 0 Å². The predicted molar refractivity (Wildman–Crippen MR) is 65.9 cm³/mol. The zero-order valence-corrected chi connectivity index (χ0v) is 10.8. The fraction of sp³-hybridized carbons (Fsp3) is 0.538. The molecule has 0 saturated carbocycles. The second-order valence-corrected chi connectivity index (χ2v) is 4.83. The van der Waals surface area contributed by atoms with Gasteiger partial charge in [0, 0.05) is 13.2 Å². The van der Waals surface area contributed by atoms with E-state index in [1.54, 1.807) is 19.1 Å². The van der Waals surface area contributed by atoms with Gasteiger partial charge in [0.1, 0.15) is 5.76 Å². The molecule has 0 unspecified atom stereocenters. The third-order valence-corrected chi connectivity index (χ3v) is 3.28. The topological polar surface area (TPSA) is 88.8 Å². The molecule has 6 heteroatoms. The van der Waals surface area contributed by atoms with Crippen LogP contribution in [0, 0.1) is 6.92 Å². The Morgan fingerprint density at radius 1 is 1.37 bits per heavy atom. The molecule has 0 atom stereocenters. The van der Waals surface area contributed by atoms with E-state index in [0.717, 1.165) is 0 Å². The van der Waals surface area contributed by atoms with Gasteiger partial charge in [-0.15, -0.1) is 0 Å². The van der Waals surface area contributed by atoms with E-state index < -0.39 is 11.5 Å². The molecule has 2 N–H and O–H groups in total. The highest BCUT2D eigenvalue weighted by atomic mass is 16.5. The third-order valence-electron chi connectivity index (χ3n) is 3.28. The number of aliphatic carboxylic acids is 1. The van der Waals surface area contributed by atoms with Crippen LogP contribution >= 0.6 is 0 Å². The minimum absolute atomic E-state index is 0.109. The van der Waals surface area contributed by atoms with Crippen molar-refractivity contribution in [2.24, 2.45) is 0 Å². The van der Waals surface area contributed by atoms with Crippen LogP contribution < -0.4 is 5.32 Å². The van der Waals surface area contributed by atoms with Crippen molar-refractivity contribution in [3.63, 3.8) is 0 Å². The van der Waals surface area contributed by atoms with Crippen LogP contribution in [0.15, 0.2) is 16.5 Å². The van der Waals surface area contributed by atoms with Gasteiger partial charge in [-0.1, -0.05) is 0 Å². The average Bonchev–Trinajstić information content (AvgIpc) is 2.76. The minimum atomic E-state index is -0.933. The molecule has 104 valence electrons. The largest absolute Gasteiger partial charge is 0.481 e. The second-order valence-electron chi connectivity index (χ2n) is 4.83. The molecule has 0 radical (unpaired) electrons. The first-order chi connectivity index (χ1) is 9.01. The van der Waals surface area contributed by atoms with E-state index in [1.165, 1.54) is 0 Å². The Balaban J connectivity index is 2.11. The lowest BCUT2D eigenvalue weighted by atomic mass is 9.86. The standard InChI is InChI=1S/C13H17NO5/c1-9-2-3-10(19-9)12(17)14-13(8-11(15)16)4-6-18-7-5-13/h2-3H,4-8H2,1H3,(H,14,17)(H,15,16). The molecule has 1 aromatic heterocycles. The van der Waals surface area contributed by atoms with Gasteiger partial charge >= 0.3 is 5.97 Å². The molecule has 6 nitrogen and oxygen atoms in total. The quantitative estimate of drug-likeness (QED) is 0.859. The fourth-order valence-corrected chi connectivity index (χ4v) is 2.26. The first-order valence-electron chi connectivity index (χ1n) is 6.19. The summed E-state index contributed by atoms with van der Waals surface area (Å²) >= 11 is 0. The monoisotopic (exact) mass is 267 g/mol. The summed E-state index contributed by atoms with van der Waals surface area (Å²) in [6, 6.07) is 3.28. The van der Waals surface area contributed by atoms with Crippen molar-refractivity contribution < 1.29 is 23.8 Å². The Labute approximate surface area is 110 Å². The molecule has 0 aliphatic carbocycles. The number of hydrogen-bond acceptors (Lipinski definition) is 4. The molecular weight excluding hydrogens is 250 g/mol. The highest BCUT2D eigenvalue weighted by Crippen LogP contribution is 2.25. The van der Waals surface area contributed by atoms with Crippen molar-refractivity contribution in [3.05, 3.63) is 23.7 Å². The normalized spacial score (nSPS) is 17.9. The summed E-state index contributed by atoms with van der Waals surface area (Å²) < 4.78 is 10.5. The van der Waals surface area contributed by atoms with E-state index >= 15 is 0 Å². The third kappa shape index (κ3) is 3.35. The molecule has 1 saturated heterocycles. The Morgan fingerprint density at radius 2 is 2.05 bits per heavy atom. The number of carbonyl (C=O) groups is 2.